The molecule has 1 aliphatic heterocycles. The standard InChI is InChI=1S/C23H23FN4O3/c1-3-4-11-23(16-7-9-17(24)10-8-16)21(30)28(22(31)26-23)14-18-13-19(29)27-12-5-6-15(2)20(27)25-18/h5-10,12-13H,3-4,11,14H2,1-2H3,(H,26,31). The number of nitrogens with one attached hydrogen (secondary N) is 1. The molecule has 3 heterocycles. The van der Waals surface area contributed by atoms with Crippen LogP contribution in [0, 0.1) is 12.7 Å². The van der Waals surface area contributed by atoms with Gasteiger partial charge in [-0.15, -0.1) is 0 Å². The monoisotopic (exact) mass is 422 g/mol. The first-order valence-corrected chi connectivity index (χ1v) is 10.2. The summed E-state index contributed by atoms with van der Waals surface area (Å²) >= 11 is 0. The molecule has 8 heteroatoms. The highest BCUT2D eigenvalue weighted by molar-refractivity contribution is 6.07. The maximum Gasteiger partial charge on any atom is 0.325 e. The summed E-state index contributed by atoms with van der Waals surface area (Å²) in [7, 11) is 0. The normalized spacial score (nSPS) is 18.6. The number of rotatable bonds is 6. The highest BCUT2D eigenvalue weighted by Crippen LogP contribution is 2.35. The first kappa shape index (κ1) is 20.7. The van der Waals surface area contributed by atoms with Gasteiger partial charge in [0.25, 0.3) is 11.5 Å². The van der Waals surface area contributed by atoms with Gasteiger partial charge in [0.05, 0.1) is 12.2 Å². The maximum atomic E-state index is 13.5. The summed E-state index contributed by atoms with van der Waals surface area (Å²) in [5.41, 5.74) is 0.600. The van der Waals surface area contributed by atoms with Gasteiger partial charge in [0.15, 0.2) is 0 Å². The number of halogens is 1. The van der Waals surface area contributed by atoms with Crippen molar-refractivity contribution in [3.8, 4) is 0 Å². The maximum absolute atomic E-state index is 13.5. The van der Waals surface area contributed by atoms with Crippen LogP contribution in [-0.2, 0) is 16.9 Å². The van der Waals surface area contributed by atoms with Gasteiger partial charge in [0.1, 0.15) is 17.0 Å². The van der Waals surface area contributed by atoms with Gasteiger partial charge in [-0.05, 0) is 42.7 Å². The molecule has 0 spiro atoms. The Labute approximate surface area is 178 Å². The van der Waals surface area contributed by atoms with Crippen molar-refractivity contribution in [2.45, 2.75) is 45.2 Å². The molecule has 31 heavy (non-hydrogen) atoms. The van der Waals surface area contributed by atoms with Gasteiger partial charge < -0.3 is 5.32 Å². The van der Waals surface area contributed by atoms with E-state index in [1.54, 1.807) is 12.3 Å². The van der Waals surface area contributed by atoms with Gasteiger partial charge in [-0.3, -0.25) is 18.9 Å². The summed E-state index contributed by atoms with van der Waals surface area (Å²) in [5, 5.41) is 2.83. The van der Waals surface area contributed by atoms with E-state index in [1.807, 2.05) is 19.9 Å². The minimum absolute atomic E-state index is 0.125. The Balaban J connectivity index is 1.71. The van der Waals surface area contributed by atoms with Crippen molar-refractivity contribution >= 4 is 17.6 Å². The van der Waals surface area contributed by atoms with Crippen molar-refractivity contribution in [3.05, 3.63) is 81.7 Å². The van der Waals surface area contributed by atoms with Crippen molar-refractivity contribution in [1.82, 2.24) is 19.6 Å². The molecule has 160 valence electrons. The van der Waals surface area contributed by atoms with Crippen LogP contribution in [0.15, 0.2) is 53.5 Å². The second-order valence-corrected chi connectivity index (χ2v) is 7.81. The van der Waals surface area contributed by atoms with E-state index in [0.717, 1.165) is 16.9 Å². The molecule has 0 aliphatic carbocycles. The number of fused-ring (bicyclic) bond motifs is 1. The van der Waals surface area contributed by atoms with Crippen LogP contribution in [-0.4, -0.2) is 26.2 Å². The minimum Gasteiger partial charge on any atom is -0.319 e. The van der Waals surface area contributed by atoms with Gasteiger partial charge in [0, 0.05) is 12.3 Å². The van der Waals surface area contributed by atoms with E-state index in [4.69, 9.17) is 0 Å². The third-order valence-electron chi connectivity index (χ3n) is 5.68. The number of benzene rings is 1. The Morgan fingerprint density at radius 1 is 1.13 bits per heavy atom. The van der Waals surface area contributed by atoms with Crippen LogP contribution in [0.1, 0.15) is 43.0 Å². The molecule has 7 nitrogen and oxygen atoms in total. The molecule has 1 aromatic carbocycles. The zero-order chi connectivity index (χ0) is 22.2. The Morgan fingerprint density at radius 3 is 2.58 bits per heavy atom. The zero-order valence-corrected chi connectivity index (χ0v) is 17.4. The molecule has 1 atom stereocenters. The molecule has 3 amide bonds. The van der Waals surface area contributed by atoms with Crippen LogP contribution in [0.3, 0.4) is 0 Å². The largest absolute Gasteiger partial charge is 0.325 e. The minimum atomic E-state index is -1.26. The molecule has 0 radical (unpaired) electrons. The van der Waals surface area contributed by atoms with Crippen LogP contribution in [0.5, 0.6) is 0 Å². The number of pyridine rings is 1. The van der Waals surface area contributed by atoms with Crippen LogP contribution < -0.4 is 10.9 Å². The Kier molecular flexibility index (Phi) is 5.31. The van der Waals surface area contributed by atoms with Crippen LogP contribution in [0.25, 0.3) is 5.65 Å². The second kappa shape index (κ2) is 7.94. The summed E-state index contributed by atoms with van der Waals surface area (Å²) < 4.78 is 14.9. The lowest BCUT2D eigenvalue weighted by Crippen LogP contribution is -2.44. The highest BCUT2D eigenvalue weighted by atomic mass is 19.1. The van der Waals surface area contributed by atoms with Crippen molar-refractivity contribution in [2.75, 3.05) is 0 Å². The molecule has 1 unspecified atom stereocenters. The quantitative estimate of drug-likeness (QED) is 0.618. The predicted octanol–water partition coefficient (Wildman–Crippen LogP) is 3.28. The number of imide groups is 1. The number of unbranched alkanes of at least 4 members (excludes halogenated alkanes) is 1. The molecule has 4 rings (SSSR count). The molecular formula is C23H23FN4O3. The summed E-state index contributed by atoms with van der Waals surface area (Å²) in [6, 6.07) is 9.97. The summed E-state index contributed by atoms with van der Waals surface area (Å²) in [4.78, 5) is 44.4. The molecule has 2 aromatic heterocycles. The number of aryl methyl sites for hydroxylation is 1. The third-order valence-corrected chi connectivity index (χ3v) is 5.68. The van der Waals surface area contributed by atoms with Crippen LogP contribution >= 0.6 is 0 Å². The molecule has 1 fully saturated rings. The number of carbonyl (C=O) groups excluding carboxylic acids is 2. The lowest BCUT2D eigenvalue weighted by atomic mass is 9.84. The molecule has 1 aliphatic rings. The van der Waals surface area contributed by atoms with E-state index in [1.165, 1.54) is 34.7 Å². The summed E-state index contributed by atoms with van der Waals surface area (Å²) in [6.45, 7) is 3.70. The number of amides is 3. The number of aromatic nitrogens is 2. The highest BCUT2D eigenvalue weighted by Gasteiger charge is 2.51. The zero-order valence-electron chi connectivity index (χ0n) is 17.4. The third kappa shape index (κ3) is 3.58. The lowest BCUT2D eigenvalue weighted by Gasteiger charge is -2.27. The first-order chi connectivity index (χ1) is 14.9. The van der Waals surface area contributed by atoms with E-state index in [0.29, 0.717) is 29.7 Å². The topological polar surface area (TPSA) is 83.8 Å². The number of carbonyl (C=O) groups is 2. The van der Waals surface area contributed by atoms with E-state index in [2.05, 4.69) is 10.3 Å². The summed E-state index contributed by atoms with van der Waals surface area (Å²) in [6.07, 6.45) is 3.54. The fourth-order valence-corrected chi connectivity index (χ4v) is 4.01. The van der Waals surface area contributed by atoms with Crippen LogP contribution in [0.4, 0.5) is 9.18 Å². The van der Waals surface area contributed by atoms with Crippen molar-refractivity contribution in [3.63, 3.8) is 0 Å². The van der Waals surface area contributed by atoms with Gasteiger partial charge >= 0.3 is 6.03 Å². The summed E-state index contributed by atoms with van der Waals surface area (Å²) in [5.74, 6) is -0.844. The van der Waals surface area contributed by atoms with Gasteiger partial charge in [-0.2, -0.15) is 0 Å². The Hall–Kier alpha value is -3.55. The first-order valence-electron chi connectivity index (χ1n) is 10.2. The Morgan fingerprint density at radius 2 is 1.87 bits per heavy atom. The van der Waals surface area contributed by atoms with Crippen molar-refractivity contribution in [2.24, 2.45) is 0 Å². The van der Waals surface area contributed by atoms with Crippen LogP contribution in [0.2, 0.25) is 0 Å². The van der Waals surface area contributed by atoms with Gasteiger partial charge in [-0.25, -0.2) is 14.2 Å². The van der Waals surface area contributed by atoms with Gasteiger partial charge in [-0.1, -0.05) is 38.0 Å². The number of urea groups is 1. The molecule has 1 saturated heterocycles. The molecule has 1 N–H and O–H groups in total. The average Bonchev–Trinajstić information content (AvgIpc) is 2.99. The molecular weight excluding hydrogens is 399 g/mol. The SMILES string of the molecule is CCCCC1(c2ccc(F)cc2)NC(=O)N(Cc2cc(=O)n3cccc(C)c3n2)C1=O. The number of nitrogens with zero attached hydrogens (tertiary/aromatic N) is 3. The predicted molar refractivity (Wildman–Crippen MR) is 113 cm³/mol. The Bertz CT molecular complexity index is 1220. The van der Waals surface area contributed by atoms with E-state index in [-0.39, 0.29) is 12.1 Å². The van der Waals surface area contributed by atoms with Crippen molar-refractivity contribution < 1.29 is 14.0 Å². The van der Waals surface area contributed by atoms with E-state index >= 15 is 0 Å². The van der Waals surface area contributed by atoms with Gasteiger partial charge in [0.2, 0.25) is 0 Å². The van der Waals surface area contributed by atoms with E-state index in [9.17, 15) is 18.8 Å². The molecule has 0 saturated carbocycles. The average molecular weight is 422 g/mol. The fourth-order valence-electron chi connectivity index (χ4n) is 4.01. The molecule has 3 aromatic rings. The fraction of sp³-hybridized carbons (Fsp3) is 0.304. The number of hydrogen-bond donors (Lipinski definition) is 1. The number of hydrogen-bond acceptors (Lipinski definition) is 4. The van der Waals surface area contributed by atoms with Crippen molar-refractivity contribution in [1.29, 1.82) is 0 Å². The second-order valence-electron chi connectivity index (χ2n) is 7.81. The van der Waals surface area contributed by atoms with E-state index < -0.39 is 23.3 Å². The smallest absolute Gasteiger partial charge is 0.319 e. The molecule has 0 bridgehead atoms. The lowest BCUT2D eigenvalue weighted by molar-refractivity contribution is -0.132.